The van der Waals surface area contributed by atoms with Crippen LogP contribution in [0.4, 0.5) is 5.69 Å². The highest BCUT2D eigenvalue weighted by Gasteiger charge is 2.17. The molecule has 1 atom stereocenters. The Balaban J connectivity index is 1.39. The van der Waals surface area contributed by atoms with E-state index in [-0.39, 0.29) is 6.04 Å². The molecular formula is C18H24ClN3O. The van der Waals surface area contributed by atoms with E-state index in [0.717, 1.165) is 56.3 Å². The van der Waals surface area contributed by atoms with Gasteiger partial charge in [-0.25, -0.2) is 0 Å². The quantitative estimate of drug-likeness (QED) is 0.878. The summed E-state index contributed by atoms with van der Waals surface area (Å²) in [6.07, 6.45) is 3.74. The van der Waals surface area contributed by atoms with Gasteiger partial charge in [-0.3, -0.25) is 4.90 Å². The Morgan fingerprint density at radius 1 is 1.13 bits per heavy atom. The molecule has 1 saturated heterocycles. The molecule has 1 aromatic carbocycles. The summed E-state index contributed by atoms with van der Waals surface area (Å²) in [5.41, 5.74) is 7.35. The van der Waals surface area contributed by atoms with Gasteiger partial charge in [0.15, 0.2) is 0 Å². The fourth-order valence-electron chi connectivity index (χ4n) is 3.08. The minimum Gasteiger partial charge on any atom is -0.468 e. The van der Waals surface area contributed by atoms with Crippen molar-refractivity contribution in [3.05, 3.63) is 53.4 Å². The molecule has 5 heteroatoms. The molecule has 0 bridgehead atoms. The Bertz CT molecular complexity index is 594. The third-order valence-corrected chi connectivity index (χ3v) is 4.68. The summed E-state index contributed by atoms with van der Waals surface area (Å²) in [4.78, 5) is 4.91. The number of hydrogen-bond acceptors (Lipinski definition) is 4. The molecule has 1 unspecified atom stereocenters. The van der Waals surface area contributed by atoms with E-state index in [2.05, 4.69) is 15.9 Å². The molecule has 1 aromatic heterocycles. The SMILES string of the molecule is NC(CCCN1CCN(c2cccc(Cl)c2)CC1)c1ccco1. The first kappa shape index (κ1) is 16.4. The zero-order valence-corrected chi connectivity index (χ0v) is 14.1. The first-order valence-corrected chi connectivity index (χ1v) is 8.62. The van der Waals surface area contributed by atoms with Gasteiger partial charge in [0.05, 0.1) is 12.3 Å². The van der Waals surface area contributed by atoms with E-state index < -0.39 is 0 Å². The lowest BCUT2D eigenvalue weighted by Gasteiger charge is -2.36. The first-order chi connectivity index (χ1) is 11.2. The van der Waals surface area contributed by atoms with Gasteiger partial charge in [0.1, 0.15) is 5.76 Å². The van der Waals surface area contributed by atoms with Crippen molar-refractivity contribution in [2.75, 3.05) is 37.6 Å². The molecule has 0 spiro atoms. The van der Waals surface area contributed by atoms with Crippen molar-refractivity contribution in [2.24, 2.45) is 5.73 Å². The first-order valence-electron chi connectivity index (χ1n) is 8.24. The van der Waals surface area contributed by atoms with Crippen LogP contribution in [0.25, 0.3) is 0 Å². The highest BCUT2D eigenvalue weighted by Crippen LogP contribution is 2.21. The molecule has 2 aromatic rings. The maximum absolute atomic E-state index is 6.13. The Labute approximate surface area is 142 Å². The van der Waals surface area contributed by atoms with E-state index >= 15 is 0 Å². The molecule has 124 valence electrons. The van der Waals surface area contributed by atoms with Crippen LogP contribution in [0.5, 0.6) is 0 Å². The lowest BCUT2D eigenvalue weighted by atomic mass is 10.1. The summed E-state index contributed by atoms with van der Waals surface area (Å²) in [7, 11) is 0. The smallest absolute Gasteiger partial charge is 0.120 e. The second-order valence-electron chi connectivity index (χ2n) is 6.07. The van der Waals surface area contributed by atoms with E-state index in [9.17, 15) is 0 Å². The van der Waals surface area contributed by atoms with Gasteiger partial charge in [-0.2, -0.15) is 0 Å². The number of nitrogens with two attached hydrogens (primary N) is 1. The summed E-state index contributed by atoms with van der Waals surface area (Å²) in [6, 6.07) is 12.0. The largest absolute Gasteiger partial charge is 0.468 e. The van der Waals surface area contributed by atoms with Crippen molar-refractivity contribution < 1.29 is 4.42 Å². The van der Waals surface area contributed by atoms with Crippen LogP contribution in [0.1, 0.15) is 24.6 Å². The number of nitrogens with zero attached hydrogens (tertiary/aromatic N) is 2. The molecule has 1 fully saturated rings. The summed E-state index contributed by atoms with van der Waals surface area (Å²) in [5, 5.41) is 0.803. The van der Waals surface area contributed by atoms with Crippen LogP contribution in [0, 0.1) is 0 Å². The van der Waals surface area contributed by atoms with Gasteiger partial charge >= 0.3 is 0 Å². The number of furan rings is 1. The zero-order valence-electron chi connectivity index (χ0n) is 13.3. The second-order valence-corrected chi connectivity index (χ2v) is 6.51. The molecule has 1 aliphatic rings. The Morgan fingerprint density at radius 2 is 1.96 bits per heavy atom. The van der Waals surface area contributed by atoms with Gasteiger partial charge in [-0.1, -0.05) is 17.7 Å². The molecule has 0 saturated carbocycles. The molecule has 0 aliphatic carbocycles. The number of benzene rings is 1. The van der Waals surface area contributed by atoms with Crippen molar-refractivity contribution in [1.29, 1.82) is 0 Å². The number of piperazine rings is 1. The third-order valence-electron chi connectivity index (χ3n) is 4.44. The summed E-state index contributed by atoms with van der Waals surface area (Å²) >= 11 is 6.08. The molecule has 1 aliphatic heterocycles. The normalized spacial score (nSPS) is 17.4. The topological polar surface area (TPSA) is 45.6 Å². The number of halogens is 1. The fraction of sp³-hybridized carbons (Fsp3) is 0.444. The highest BCUT2D eigenvalue weighted by atomic mass is 35.5. The molecule has 2 heterocycles. The summed E-state index contributed by atoms with van der Waals surface area (Å²) in [5.74, 6) is 0.885. The van der Waals surface area contributed by atoms with Crippen LogP contribution < -0.4 is 10.6 Å². The predicted molar refractivity (Wildman–Crippen MR) is 95.0 cm³/mol. The Kier molecular flexibility index (Phi) is 5.60. The van der Waals surface area contributed by atoms with Crippen molar-refractivity contribution in [2.45, 2.75) is 18.9 Å². The summed E-state index contributed by atoms with van der Waals surface area (Å²) < 4.78 is 5.35. The van der Waals surface area contributed by atoms with Crippen LogP contribution >= 0.6 is 11.6 Å². The standard InChI is InChI=1S/C18H24ClN3O/c19-15-4-1-5-16(14-15)22-11-9-21(10-12-22)8-2-6-17(20)18-7-3-13-23-18/h1,3-5,7,13-14,17H,2,6,8-12,20H2. The van der Waals surface area contributed by atoms with E-state index in [1.807, 2.05) is 30.3 Å². The molecular weight excluding hydrogens is 310 g/mol. The fourth-order valence-corrected chi connectivity index (χ4v) is 3.27. The van der Waals surface area contributed by atoms with E-state index in [0.29, 0.717) is 0 Å². The zero-order chi connectivity index (χ0) is 16.1. The van der Waals surface area contributed by atoms with Crippen molar-refractivity contribution >= 4 is 17.3 Å². The highest BCUT2D eigenvalue weighted by molar-refractivity contribution is 6.30. The van der Waals surface area contributed by atoms with Gasteiger partial charge in [0, 0.05) is 36.9 Å². The van der Waals surface area contributed by atoms with Crippen LogP contribution in [-0.4, -0.2) is 37.6 Å². The third kappa shape index (κ3) is 4.50. The lowest BCUT2D eigenvalue weighted by molar-refractivity contribution is 0.249. The average molecular weight is 334 g/mol. The predicted octanol–water partition coefficient (Wildman–Crippen LogP) is 3.54. The average Bonchev–Trinajstić information content (AvgIpc) is 3.10. The summed E-state index contributed by atoms with van der Waals surface area (Å²) in [6.45, 7) is 5.36. The Morgan fingerprint density at radius 3 is 2.65 bits per heavy atom. The van der Waals surface area contributed by atoms with Crippen LogP contribution in [0.15, 0.2) is 47.1 Å². The molecule has 3 rings (SSSR count). The van der Waals surface area contributed by atoms with E-state index in [1.165, 1.54) is 5.69 Å². The van der Waals surface area contributed by atoms with E-state index in [4.69, 9.17) is 21.8 Å². The number of hydrogen-bond donors (Lipinski definition) is 1. The molecule has 23 heavy (non-hydrogen) atoms. The van der Waals surface area contributed by atoms with Gasteiger partial charge in [0.2, 0.25) is 0 Å². The van der Waals surface area contributed by atoms with Gasteiger partial charge in [0.25, 0.3) is 0 Å². The minimum absolute atomic E-state index is 0.0118. The Hall–Kier alpha value is -1.49. The molecule has 4 nitrogen and oxygen atoms in total. The second kappa shape index (κ2) is 7.86. The monoisotopic (exact) mass is 333 g/mol. The van der Waals surface area contributed by atoms with Gasteiger partial charge < -0.3 is 15.1 Å². The maximum Gasteiger partial charge on any atom is 0.120 e. The van der Waals surface area contributed by atoms with Crippen LogP contribution in [0.3, 0.4) is 0 Å². The lowest BCUT2D eigenvalue weighted by Crippen LogP contribution is -2.46. The van der Waals surface area contributed by atoms with Crippen molar-refractivity contribution in [1.82, 2.24) is 4.90 Å². The van der Waals surface area contributed by atoms with Crippen molar-refractivity contribution in [3.8, 4) is 0 Å². The number of rotatable bonds is 6. The van der Waals surface area contributed by atoms with E-state index in [1.54, 1.807) is 6.26 Å². The molecule has 0 radical (unpaired) electrons. The van der Waals surface area contributed by atoms with Crippen LogP contribution in [-0.2, 0) is 0 Å². The van der Waals surface area contributed by atoms with Crippen molar-refractivity contribution in [3.63, 3.8) is 0 Å². The number of anilines is 1. The van der Waals surface area contributed by atoms with Gasteiger partial charge in [-0.05, 0) is 49.7 Å². The molecule has 0 amide bonds. The van der Waals surface area contributed by atoms with Gasteiger partial charge in [-0.15, -0.1) is 0 Å². The van der Waals surface area contributed by atoms with Crippen LogP contribution in [0.2, 0.25) is 5.02 Å². The molecule has 2 N–H and O–H groups in total. The maximum atomic E-state index is 6.13. The minimum atomic E-state index is 0.0118.